The Morgan fingerprint density at radius 2 is 1.52 bits per heavy atom. The number of hydrogen-bond donors (Lipinski definition) is 0. The van der Waals surface area contributed by atoms with Gasteiger partial charge in [0, 0.05) is 36.1 Å². The van der Waals surface area contributed by atoms with Crippen LogP contribution >= 0.6 is 0 Å². The minimum Gasteiger partial charge on any atom is -0.250 e. The van der Waals surface area contributed by atoms with Crippen LogP contribution in [0.2, 0.25) is 0 Å². The zero-order chi connectivity index (χ0) is 15.1. The molecule has 0 aliphatic carbocycles. The Morgan fingerprint density at radius 1 is 1.00 bits per heavy atom. The second kappa shape index (κ2) is 7.00. The third kappa shape index (κ3) is 4.01. The highest BCUT2D eigenvalue weighted by molar-refractivity contribution is 5.96. The van der Waals surface area contributed by atoms with Crippen molar-refractivity contribution in [2.45, 2.75) is 6.92 Å². The maximum absolute atomic E-state index is 4.45. The lowest BCUT2D eigenvalue weighted by Crippen LogP contribution is -1.96. The summed E-state index contributed by atoms with van der Waals surface area (Å²) in [5.41, 5.74) is 1.99. The molecular formula is C16H15N5. The minimum atomic E-state index is 0.510. The Hall–Kier alpha value is -2.95. The fourth-order valence-corrected chi connectivity index (χ4v) is 1.51. The summed E-state index contributed by atoms with van der Waals surface area (Å²) in [5.74, 6) is 1.05. The molecule has 21 heavy (non-hydrogen) atoms. The van der Waals surface area contributed by atoms with E-state index in [1.165, 1.54) is 0 Å². The lowest BCUT2D eigenvalue weighted by Gasteiger charge is -2.03. The van der Waals surface area contributed by atoms with Gasteiger partial charge in [0.1, 0.15) is 5.70 Å². The van der Waals surface area contributed by atoms with Crippen LogP contribution in [0.3, 0.4) is 0 Å². The summed E-state index contributed by atoms with van der Waals surface area (Å²) in [6, 6.07) is 3.50. The highest BCUT2D eigenvalue weighted by Crippen LogP contribution is 2.17. The highest BCUT2D eigenvalue weighted by atomic mass is 14.9. The normalized spacial score (nSPS) is 12.0. The van der Waals surface area contributed by atoms with Gasteiger partial charge in [0.05, 0.1) is 0 Å². The molecule has 2 aromatic rings. The molecule has 5 nitrogen and oxygen atoms in total. The van der Waals surface area contributed by atoms with E-state index in [9.17, 15) is 0 Å². The van der Waals surface area contributed by atoms with E-state index in [0.717, 1.165) is 5.71 Å². The zero-order valence-corrected chi connectivity index (χ0v) is 11.8. The van der Waals surface area contributed by atoms with Crippen LogP contribution in [-0.2, 0) is 0 Å². The number of aliphatic imine (C=N–C) groups is 1. The van der Waals surface area contributed by atoms with Crippen LogP contribution in [0.25, 0.3) is 11.3 Å². The van der Waals surface area contributed by atoms with Gasteiger partial charge in [-0.1, -0.05) is 13.2 Å². The van der Waals surface area contributed by atoms with E-state index in [0.29, 0.717) is 22.9 Å². The first-order valence-electron chi connectivity index (χ1n) is 6.34. The van der Waals surface area contributed by atoms with Gasteiger partial charge in [-0.05, 0) is 31.2 Å². The van der Waals surface area contributed by atoms with Crippen molar-refractivity contribution in [1.29, 1.82) is 0 Å². The lowest BCUT2D eigenvalue weighted by atomic mass is 10.2. The molecular weight excluding hydrogens is 262 g/mol. The third-order valence-electron chi connectivity index (χ3n) is 2.55. The Balaban J connectivity index is 2.43. The molecule has 0 aliphatic rings. The molecule has 2 rings (SSSR count). The molecule has 2 aromatic heterocycles. The molecule has 0 saturated heterocycles. The average Bonchev–Trinajstić information content (AvgIpc) is 2.55. The highest BCUT2D eigenvalue weighted by Gasteiger charge is 2.06. The Bertz CT molecular complexity index is 687. The van der Waals surface area contributed by atoms with E-state index in [4.69, 9.17) is 0 Å². The summed E-state index contributed by atoms with van der Waals surface area (Å²) >= 11 is 0. The van der Waals surface area contributed by atoms with E-state index >= 15 is 0 Å². The molecule has 0 fully saturated rings. The summed E-state index contributed by atoms with van der Waals surface area (Å²) in [7, 11) is 0. The predicted octanol–water partition coefficient (Wildman–Crippen LogP) is 2.97. The molecule has 0 amide bonds. The number of nitrogens with zero attached hydrogens (tertiary/aromatic N) is 5. The summed E-state index contributed by atoms with van der Waals surface area (Å²) in [6.07, 6.45) is 10.1. The fraction of sp³-hybridized carbons (Fsp3) is 0.0625. The maximum Gasteiger partial charge on any atom is 0.178 e. The van der Waals surface area contributed by atoms with E-state index in [-0.39, 0.29) is 0 Å². The molecule has 5 heteroatoms. The van der Waals surface area contributed by atoms with E-state index < -0.39 is 0 Å². The van der Waals surface area contributed by atoms with Crippen molar-refractivity contribution < 1.29 is 0 Å². The molecule has 0 radical (unpaired) electrons. The molecule has 0 spiro atoms. The number of hydrogen-bond acceptors (Lipinski definition) is 5. The Labute approximate surface area is 123 Å². The van der Waals surface area contributed by atoms with E-state index in [2.05, 4.69) is 38.1 Å². The first-order chi connectivity index (χ1) is 10.2. The topological polar surface area (TPSA) is 63.9 Å². The first kappa shape index (κ1) is 14.5. The molecule has 104 valence electrons. The van der Waals surface area contributed by atoms with Crippen molar-refractivity contribution >= 4 is 17.0 Å². The van der Waals surface area contributed by atoms with Crippen LogP contribution in [0.1, 0.15) is 18.6 Å². The summed E-state index contributed by atoms with van der Waals surface area (Å²) in [5, 5.41) is 0. The average molecular weight is 277 g/mol. The molecule has 0 atom stereocenters. The van der Waals surface area contributed by atoms with E-state index in [1.54, 1.807) is 49.1 Å². The van der Waals surface area contributed by atoms with Gasteiger partial charge in [0.2, 0.25) is 0 Å². The number of allylic oxidation sites excluding steroid dienone is 3. The molecule has 0 saturated carbocycles. The number of aromatic nitrogens is 4. The molecule has 2 heterocycles. The van der Waals surface area contributed by atoms with Crippen molar-refractivity contribution in [2.24, 2.45) is 4.99 Å². The van der Waals surface area contributed by atoms with Crippen LogP contribution in [0.4, 0.5) is 0 Å². The lowest BCUT2D eigenvalue weighted by molar-refractivity contribution is 1.10. The number of rotatable bonds is 5. The van der Waals surface area contributed by atoms with Gasteiger partial charge >= 0.3 is 0 Å². The van der Waals surface area contributed by atoms with Gasteiger partial charge in [-0.25, -0.2) is 24.9 Å². The largest absolute Gasteiger partial charge is 0.250 e. The van der Waals surface area contributed by atoms with Crippen molar-refractivity contribution in [3.8, 4) is 0 Å². The van der Waals surface area contributed by atoms with Crippen molar-refractivity contribution in [2.75, 3.05) is 0 Å². The van der Waals surface area contributed by atoms with Gasteiger partial charge in [0.15, 0.2) is 11.6 Å². The molecule has 0 aromatic carbocycles. The van der Waals surface area contributed by atoms with Gasteiger partial charge in [-0.3, -0.25) is 0 Å². The Morgan fingerprint density at radius 3 is 2.05 bits per heavy atom. The third-order valence-corrected chi connectivity index (χ3v) is 2.55. The van der Waals surface area contributed by atoms with Crippen LogP contribution < -0.4 is 0 Å². The second-order valence-corrected chi connectivity index (χ2v) is 4.16. The molecule has 0 bridgehead atoms. The monoisotopic (exact) mass is 277 g/mol. The predicted molar refractivity (Wildman–Crippen MR) is 84.4 cm³/mol. The molecule has 0 aliphatic heterocycles. The second-order valence-electron chi connectivity index (χ2n) is 4.16. The van der Waals surface area contributed by atoms with Crippen LogP contribution in [0.5, 0.6) is 0 Å². The first-order valence-corrected chi connectivity index (χ1v) is 6.34. The van der Waals surface area contributed by atoms with E-state index in [1.807, 2.05) is 6.92 Å². The quantitative estimate of drug-likeness (QED) is 0.622. The van der Waals surface area contributed by atoms with Gasteiger partial charge < -0.3 is 0 Å². The SMILES string of the molecule is C=CC(C)=N/C(=C\C(=C)c1ncccn1)c1ncccn1. The summed E-state index contributed by atoms with van der Waals surface area (Å²) in [4.78, 5) is 21.2. The van der Waals surface area contributed by atoms with Crippen LogP contribution in [0.15, 0.2) is 67.2 Å². The van der Waals surface area contributed by atoms with Gasteiger partial charge in [0.25, 0.3) is 0 Å². The molecule has 0 N–H and O–H groups in total. The summed E-state index contributed by atoms with van der Waals surface area (Å²) in [6.45, 7) is 9.52. The van der Waals surface area contributed by atoms with Gasteiger partial charge in [-0.2, -0.15) is 0 Å². The standard InChI is InChI=1S/C16H15N5/c1-4-13(3)21-14(16-19-9-6-10-20-16)11-12(2)15-17-7-5-8-18-15/h4-11H,1-2H2,3H3/b14-11-,21-13?. The summed E-state index contributed by atoms with van der Waals surface area (Å²) < 4.78 is 0. The zero-order valence-electron chi connectivity index (χ0n) is 11.8. The fourth-order valence-electron chi connectivity index (χ4n) is 1.51. The Kier molecular flexibility index (Phi) is 4.82. The minimum absolute atomic E-state index is 0.510. The maximum atomic E-state index is 4.45. The smallest absolute Gasteiger partial charge is 0.178 e. The van der Waals surface area contributed by atoms with Crippen molar-refractivity contribution in [1.82, 2.24) is 19.9 Å². The molecule has 0 unspecified atom stereocenters. The van der Waals surface area contributed by atoms with Crippen LogP contribution in [-0.4, -0.2) is 25.6 Å². The van der Waals surface area contributed by atoms with Gasteiger partial charge in [-0.15, -0.1) is 0 Å². The van der Waals surface area contributed by atoms with Crippen molar-refractivity contribution in [3.63, 3.8) is 0 Å². The van der Waals surface area contributed by atoms with Crippen molar-refractivity contribution in [3.05, 3.63) is 73.9 Å². The van der Waals surface area contributed by atoms with Crippen LogP contribution in [0, 0.1) is 0 Å².